The summed E-state index contributed by atoms with van der Waals surface area (Å²) in [5.74, 6) is -0.262. The molecule has 1 fully saturated rings. The Morgan fingerprint density at radius 3 is 2.56 bits per heavy atom. The predicted molar refractivity (Wildman–Crippen MR) is 62.3 cm³/mol. The molecule has 0 aromatic carbocycles. The van der Waals surface area contributed by atoms with Crippen molar-refractivity contribution in [1.82, 2.24) is 4.90 Å². The fourth-order valence-corrected chi connectivity index (χ4v) is 2.35. The summed E-state index contributed by atoms with van der Waals surface area (Å²) in [4.78, 5) is 13.8. The molecule has 0 radical (unpaired) electrons. The zero-order valence-corrected chi connectivity index (χ0v) is 10.7. The van der Waals surface area contributed by atoms with Crippen molar-refractivity contribution in [3.8, 4) is 0 Å². The van der Waals surface area contributed by atoms with Crippen LogP contribution in [0.1, 0.15) is 33.6 Å². The second kappa shape index (κ2) is 6.21. The number of hydrogen-bond donors (Lipinski definition) is 0. The molecule has 94 valence electrons. The number of hydrogen-bond acceptors (Lipinski definition) is 4. The third-order valence-corrected chi connectivity index (χ3v) is 3.21. The molecule has 1 heterocycles. The van der Waals surface area contributed by atoms with E-state index >= 15 is 0 Å². The van der Waals surface area contributed by atoms with Crippen LogP contribution in [0.3, 0.4) is 0 Å². The lowest BCUT2D eigenvalue weighted by molar-refractivity contribution is -0.168. The molecule has 0 aromatic heterocycles. The van der Waals surface area contributed by atoms with Gasteiger partial charge in [0, 0.05) is 19.1 Å². The molecule has 16 heavy (non-hydrogen) atoms. The molecule has 4 nitrogen and oxygen atoms in total. The van der Waals surface area contributed by atoms with E-state index in [1.54, 1.807) is 0 Å². The Bertz CT molecular complexity index is 228. The van der Waals surface area contributed by atoms with E-state index in [9.17, 15) is 4.79 Å². The number of carbonyl (C=O) groups excluding carboxylic acids is 1. The molecule has 0 saturated carbocycles. The maximum absolute atomic E-state index is 11.5. The van der Waals surface area contributed by atoms with Crippen LogP contribution in [0.2, 0.25) is 0 Å². The van der Waals surface area contributed by atoms with Crippen molar-refractivity contribution >= 4 is 5.97 Å². The van der Waals surface area contributed by atoms with Gasteiger partial charge in [0.15, 0.2) is 6.10 Å². The van der Waals surface area contributed by atoms with Crippen molar-refractivity contribution in [2.75, 3.05) is 20.2 Å². The highest BCUT2D eigenvalue weighted by Crippen LogP contribution is 2.18. The first-order chi connectivity index (χ1) is 7.62. The van der Waals surface area contributed by atoms with Gasteiger partial charge in [-0.3, -0.25) is 4.90 Å². The number of nitrogens with zero attached hydrogens (tertiary/aromatic N) is 1. The van der Waals surface area contributed by atoms with Crippen molar-refractivity contribution in [2.24, 2.45) is 0 Å². The van der Waals surface area contributed by atoms with E-state index in [1.165, 1.54) is 7.11 Å². The van der Waals surface area contributed by atoms with Gasteiger partial charge in [-0.2, -0.15) is 0 Å². The Kier molecular flexibility index (Phi) is 5.22. The minimum Gasteiger partial charge on any atom is -0.467 e. The van der Waals surface area contributed by atoms with Crippen molar-refractivity contribution in [1.29, 1.82) is 0 Å². The monoisotopic (exact) mass is 229 g/mol. The number of ether oxygens (including phenoxy) is 2. The number of esters is 1. The van der Waals surface area contributed by atoms with Gasteiger partial charge in [-0.05, 0) is 19.8 Å². The van der Waals surface area contributed by atoms with Crippen molar-refractivity contribution in [3.63, 3.8) is 0 Å². The maximum Gasteiger partial charge on any atom is 0.336 e. The third-order valence-electron chi connectivity index (χ3n) is 3.21. The number of carbonyl (C=O) groups is 1. The SMILES string of the molecule is CCC(CC)N1CC(C(=O)OC)O[C@H](C)C1. The lowest BCUT2D eigenvalue weighted by Crippen LogP contribution is -2.53. The Hall–Kier alpha value is -0.610. The predicted octanol–water partition coefficient (Wildman–Crippen LogP) is 1.44. The normalized spacial score (nSPS) is 27.1. The van der Waals surface area contributed by atoms with Crippen LogP contribution in [0.15, 0.2) is 0 Å². The minimum atomic E-state index is -0.422. The first kappa shape index (κ1) is 13.5. The summed E-state index contributed by atoms with van der Waals surface area (Å²) in [5.41, 5.74) is 0. The van der Waals surface area contributed by atoms with Gasteiger partial charge in [-0.15, -0.1) is 0 Å². The van der Waals surface area contributed by atoms with Gasteiger partial charge in [-0.25, -0.2) is 4.79 Å². The average molecular weight is 229 g/mol. The first-order valence-electron chi connectivity index (χ1n) is 6.09. The molecular formula is C12H23NO3. The minimum absolute atomic E-state index is 0.0958. The van der Waals surface area contributed by atoms with E-state index in [0.29, 0.717) is 12.6 Å². The lowest BCUT2D eigenvalue weighted by Gasteiger charge is -2.39. The topological polar surface area (TPSA) is 38.8 Å². The number of methoxy groups -OCH3 is 1. The summed E-state index contributed by atoms with van der Waals surface area (Å²) in [6.45, 7) is 7.93. The molecule has 0 N–H and O–H groups in total. The van der Waals surface area contributed by atoms with Crippen LogP contribution in [-0.4, -0.2) is 49.3 Å². The van der Waals surface area contributed by atoms with Gasteiger partial charge in [0.1, 0.15) is 0 Å². The summed E-state index contributed by atoms with van der Waals surface area (Å²) in [5, 5.41) is 0. The number of rotatable bonds is 4. The largest absolute Gasteiger partial charge is 0.467 e. The van der Waals surface area contributed by atoms with E-state index in [4.69, 9.17) is 9.47 Å². The molecule has 0 spiro atoms. The second-order valence-electron chi connectivity index (χ2n) is 4.38. The Morgan fingerprint density at radius 1 is 1.44 bits per heavy atom. The molecule has 1 unspecified atom stereocenters. The summed E-state index contributed by atoms with van der Waals surface area (Å²) in [6, 6.07) is 0.540. The molecule has 1 rings (SSSR count). The lowest BCUT2D eigenvalue weighted by atomic mass is 10.1. The Labute approximate surface area is 97.9 Å². The number of morpholine rings is 1. The zero-order chi connectivity index (χ0) is 12.1. The second-order valence-corrected chi connectivity index (χ2v) is 4.38. The summed E-state index contributed by atoms with van der Waals surface area (Å²) >= 11 is 0. The first-order valence-corrected chi connectivity index (χ1v) is 6.09. The molecular weight excluding hydrogens is 206 g/mol. The fourth-order valence-electron chi connectivity index (χ4n) is 2.35. The summed E-state index contributed by atoms with van der Waals surface area (Å²) in [6.07, 6.45) is 1.89. The molecule has 0 bridgehead atoms. The van der Waals surface area contributed by atoms with Gasteiger partial charge in [0.25, 0.3) is 0 Å². The smallest absolute Gasteiger partial charge is 0.336 e. The van der Waals surface area contributed by atoms with Gasteiger partial charge in [0.05, 0.1) is 13.2 Å². The van der Waals surface area contributed by atoms with Crippen LogP contribution in [0.4, 0.5) is 0 Å². The van der Waals surface area contributed by atoms with Gasteiger partial charge >= 0.3 is 5.97 Å². The van der Waals surface area contributed by atoms with E-state index in [2.05, 4.69) is 18.7 Å². The summed E-state index contributed by atoms with van der Waals surface area (Å²) in [7, 11) is 1.41. The molecule has 0 aromatic rings. The van der Waals surface area contributed by atoms with E-state index in [-0.39, 0.29) is 12.1 Å². The molecule has 1 aliphatic rings. The van der Waals surface area contributed by atoms with Crippen molar-refractivity contribution < 1.29 is 14.3 Å². The molecule has 0 aliphatic carbocycles. The van der Waals surface area contributed by atoms with Crippen molar-refractivity contribution in [2.45, 2.75) is 51.9 Å². The van der Waals surface area contributed by atoms with Gasteiger partial charge in [-0.1, -0.05) is 13.8 Å². The van der Waals surface area contributed by atoms with Crippen LogP contribution >= 0.6 is 0 Å². The zero-order valence-electron chi connectivity index (χ0n) is 10.7. The Balaban J connectivity index is 2.63. The average Bonchev–Trinajstić information content (AvgIpc) is 2.29. The molecule has 2 atom stereocenters. The molecule has 1 saturated heterocycles. The van der Waals surface area contributed by atoms with E-state index in [0.717, 1.165) is 19.4 Å². The molecule has 0 amide bonds. The highest BCUT2D eigenvalue weighted by molar-refractivity contribution is 5.75. The molecule has 4 heteroatoms. The Morgan fingerprint density at radius 2 is 2.06 bits per heavy atom. The summed E-state index contributed by atoms with van der Waals surface area (Å²) < 4.78 is 10.3. The van der Waals surface area contributed by atoms with Crippen LogP contribution in [0, 0.1) is 0 Å². The fraction of sp³-hybridized carbons (Fsp3) is 0.917. The van der Waals surface area contributed by atoms with Crippen LogP contribution in [0.5, 0.6) is 0 Å². The quantitative estimate of drug-likeness (QED) is 0.684. The van der Waals surface area contributed by atoms with Gasteiger partial charge < -0.3 is 9.47 Å². The van der Waals surface area contributed by atoms with Crippen LogP contribution in [-0.2, 0) is 14.3 Å². The van der Waals surface area contributed by atoms with Crippen molar-refractivity contribution in [3.05, 3.63) is 0 Å². The highest BCUT2D eigenvalue weighted by atomic mass is 16.6. The van der Waals surface area contributed by atoms with Gasteiger partial charge in [0.2, 0.25) is 0 Å². The standard InChI is InChI=1S/C12H23NO3/c1-5-10(6-2)13-7-9(3)16-11(8-13)12(14)15-4/h9-11H,5-8H2,1-4H3/t9-,11?/m1/s1. The van der Waals surface area contributed by atoms with E-state index < -0.39 is 6.10 Å². The van der Waals surface area contributed by atoms with E-state index in [1.807, 2.05) is 6.92 Å². The maximum atomic E-state index is 11.5. The van der Waals surface area contributed by atoms with Crippen LogP contribution < -0.4 is 0 Å². The highest BCUT2D eigenvalue weighted by Gasteiger charge is 2.33. The molecule has 1 aliphatic heterocycles. The third kappa shape index (κ3) is 3.19. The van der Waals surface area contributed by atoms with Crippen LogP contribution in [0.25, 0.3) is 0 Å².